The van der Waals surface area contributed by atoms with Crippen LogP contribution in [-0.4, -0.2) is 22.5 Å². The van der Waals surface area contributed by atoms with Crippen LogP contribution in [0.5, 0.6) is 0 Å². The Morgan fingerprint density at radius 3 is 2.60 bits per heavy atom. The van der Waals surface area contributed by atoms with E-state index < -0.39 is 22.4 Å². The van der Waals surface area contributed by atoms with E-state index in [1.807, 2.05) is 0 Å². The lowest BCUT2D eigenvalue weighted by Crippen LogP contribution is -2.29. The molecule has 0 aliphatic heterocycles. The summed E-state index contributed by atoms with van der Waals surface area (Å²) in [4.78, 5) is 0.360. The van der Waals surface area contributed by atoms with E-state index in [1.165, 1.54) is 6.07 Å². The predicted molar refractivity (Wildman–Crippen MR) is 79.2 cm³/mol. The minimum absolute atomic E-state index is 0.360. The van der Waals surface area contributed by atoms with Crippen LogP contribution in [0.3, 0.4) is 0 Å². The molecule has 0 aliphatic rings. The van der Waals surface area contributed by atoms with E-state index in [2.05, 4.69) is 19.2 Å². The smallest absolute Gasteiger partial charge is 0.160 e. The van der Waals surface area contributed by atoms with Gasteiger partial charge in [-0.05, 0) is 50.4 Å². The Morgan fingerprint density at radius 1 is 1.25 bits per heavy atom. The van der Waals surface area contributed by atoms with Crippen molar-refractivity contribution in [3.8, 4) is 0 Å². The van der Waals surface area contributed by atoms with Crippen LogP contribution in [0.2, 0.25) is 0 Å². The van der Waals surface area contributed by atoms with Crippen LogP contribution >= 0.6 is 0 Å². The average molecular weight is 303 g/mol. The summed E-state index contributed by atoms with van der Waals surface area (Å²) < 4.78 is 37.9. The van der Waals surface area contributed by atoms with Gasteiger partial charge in [0.2, 0.25) is 0 Å². The van der Waals surface area contributed by atoms with Crippen LogP contribution in [0, 0.1) is 11.6 Å². The molecule has 0 spiro atoms. The first-order valence-electron chi connectivity index (χ1n) is 7.15. The normalized spacial score (nSPS) is 14.2. The highest BCUT2D eigenvalue weighted by atomic mass is 32.2. The molecule has 1 aromatic carbocycles. The molecule has 1 N–H and O–H groups in total. The van der Waals surface area contributed by atoms with Crippen LogP contribution in [-0.2, 0) is 10.8 Å². The molecule has 5 heteroatoms. The average Bonchev–Trinajstić information content (AvgIpc) is 2.45. The first-order valence-corrected chi connectivity index (χ1v) is 8.47. The van der Waals surface area contributed by atoms with E-state index in [-0.39, 0.29) is 0 Å². The molecule has 20 heavy (non-hydrogen) atoms. The summed E-state index contributed by atoms with van der Waals surface area (Å²) in [5, 5.41) is 3.44. The number of halogens is 2. The van der Waals surface area contributed by atoms with Crippen LogP contribution in [0.4, 0.5) is 8.78 Å². The molecule has 2 atom stereocenters. The Morgan fingerprint density at radius 2 is 2.00 bits per heavy atom. The lowest BCUT2D eigenvalue weighted by Gasteiger charge is -2.16. The molecule has 114 valence electrons. The van der Waals surface area contributed by atoms with E-state index in [1.54, 1.807) is 0 Å². The highest BCUT2D eigenvalue weighted by molar-refractivity contribution is 7.85. The van der Waals surface area contributed by atoms with Crippen molar-refractivity contribution in [2.75, 3.05) is 12.3 Å². The minimum Gasteiger partial charge on any atom is -0.314 e. The van der Waals surface area contributed by atoms with E-state index in [4.69, 9.17) is 0 Å². The molecule has 0 aliphatic carbocycles. The van der Waals surface area contributed by atoms with Gasteiger partial charge in [-0.25, -0.2) is 8.78 Å². The number of nitrogens with one attached hydrogen (secondary N) is 1. The summed E-state index contributed by atoms with van der Waals surface area (Å²) in [6, 6.07) is 3.89. The van der Waals surface area contributed by atoms with Gasteiger partial charge >= 0.3 is 0 Å². The first-order chi connectivity index (χ1) is 9.58. The molecule has 2 unspecified atom stereocenters. The zero-order valence-corrected chi connectivity index (χ0v) is 12.9. The van der Waals surface area contributed by atoms with E-state index >= 15 is 0 Å². The minimum atomic E-state index is -1.26. The molecule has 2 nitrogen and oxygen atoms in total. The van der Waals surface area contributed by atoms with Gasteiger partial charge < -0.3 is 5.32 Å². The third kappa shape index (κ3) is 5.67. The molecule has 0 bridgehead atoms. The predicted octanol–water partition coefficient (Wildman–Crippen LogP) is 3.63. The van der Waals surface area contributed by atoms with Gasteiger partial charge in [-0.15, -0.1) is 0 Å². The second kappa shape index (κ2) is 9.19. The molecule has 0 saturated carbocycles. The summed E-state index contributed by atoms with van der Waals surface area (Å²) in [6.07, 6.45) is 3.89. The summed E-state index contributed by atoms with van der Waals surface area (Å²) in [5.41, 5.74) is 0. The molecule has 0 saturated heterocycles. The van der Waals surface area contributed by atoms with Crippen LogP contribution in [0.15, 0.2) is 23.1 Å². The number of benzene rings is 1. The lowest BCUT2D eigenvalue weighted by molar-refractivity contribution is 0.464. The Bertz CT molecular complexity index is 440. The lowest BCUT2D eigenvalue weighted by atomic mass is 10.1. The molecule has 0 aromatic heterocycles. The van der Waals surface area contributed by atoms with Crippen molar-refractivity contribution in [2.24, 2.45) is 0 Å². The molecule has 0 amide bonds. The number of hydrogen-bond acceptors (Lipinski definition) is 2. The van der Waals surface area contributed by atoms with Crippen molar-refractivity contribution in [3.63, 3.8) is 0 Å². The summed E-state index contributed by atoms with van der Waals surface area (Å²) in [5.74, 6) is -1.36. The molecular formula is C15H23F2NOS. The zero-order chi connectivity index (χ0) is 15.0. The van der Waals surface area contributed by atoms with Crippen LogP contribution < -0.4 is 5.32 Å². The van der Waals surface area contributed by atoms with Crippen molar-refractivity contribution in [1.29, 1.82) is 0 Å². The molecule has 0 heterocycles. The van der Waals surface area contributed by atoms with Gasteiger partial charge in [0.1, 0.15) is 0 Å². The third-order valence-electron chi connectivity index (χ3n) is 3.21. The maximum Gasteiger partial charge on any atom is 0.160 e. The zero-order valence-electron chi connectivity index (χ0n) is 12.1. The van der Waals surface area contributed by atoms with Gasteiger partial charge in [0.15, 0.2) is 11.6 Å². The highest BCUT2D eigenvalue weighted by Gasteiger charge is 2.10. The van der Waals surface area contributed by atoms with Crippen LogP contribution in [0.1, 0.15) is 39.5 Å². The monoisotopic (exact) mass is 303 g/mol. The molecule has 1 aromatic rings. The van der Waals surface area contributed by atoms with Crippen molar-refractivity contribution in [1.82, 2.24) is 5.32 Å². The first kappa shape index (κ1) is 17.2. The topological polar surface area (TPSA) is 29.1 Å². The maximum absolute atomic E-state index is 13.1. The van der Waals surface area contributed by atoms with Crippen LogP contribution in [0.25, 0.3) is 0 Å². The Kier molecular flexibility index (Phi) is 7.92. The Labute approximate surface area is 122 Å². The van der Waals surface area contributed by atoms with Crippen molar-refractivity contribution in [2.45, 2.75) is 50.5 Å². The number of rotatable bonds is 9. The van der Waals surface area contributed by atoms with E-state index in [0.29, 0.717) is 16.7 Å². The van der Waals surface area contributed by atoms with Crippen molar-refractivity contribution < 1.29 is 13.0 Å². The van der Waals surface area contributed by atoms with E-state index in [0.717, 1.165) is 44.4 Å². The SMILES string of the molecule is CCCNC(CC)CCCS(=O)c1ccc(F)c(F)c1. The Hall–Kier alpha value is -0.810. The fraction of sp³-hybridized carbons (Fsp3) is 0.600. The summed E-state index contributed by atoms with van der Waals surface area (Å²) in [6.45, 7) is 5.24. The Balaban J connectivity index is 2.40. The summed E-state index contributed by atoms with van der Waals surface area (Å²) >= 11 is 0. The standard InChI is InChI=1S/C15H23F2NOS/c1-3-9-18-12(4-2)6-5-10-20(19)13-7-8-14(16)15(17)11-13/h7-8,11-12,18H,3-6,9-10H2,1-2H3. The van der Waals surface area contributed by atoms with Gasteiger partial charge in [-0.3, -0.25) is 4.21 Å². The molecule has 0 fully saturated rings. The van der Waals surface area contributed by atoms with Crippen molar-refractivity contribution >= 4 is 10.8 Å². The fourth-order valence-electron chi connectivity index (χ4n) is 2.00. The van der Waals surface area contributed by atoms with E-state index in [9.17, 15) is 13.0 Å². The maximum atomic E-state index is 13.1. The van der Waals surface area contributed by atoms with Crippen molar-refractivity contribution in [3.05, 3.63) is 29.8 Å². The number of hydrogen-bond donors (Lipinski definition) is 1. The quantitative estimate of drug-likeness (QED) is 0.755. The van der Waals surface area contributed by atoms with Gasteiger partial charge in [-0.1, -0.05) is 13.8 Å². The fourth-order valence-corrected chi connectivity index (χ4v) is 3.12. The van der Waals surface area contributed by atoms with Gasteiger partial charge in [0.05, 0.1) is 10.8 Å². The van der Waals surface area contributed by atoms with Gasteiger partial charge in [-0.2, -0.15) is 0 Å². The molecule has 0 radical (unpaired) electrons. The van der Waals surface area contributed by atoms with Gasteiger partial charge in [0, 0.05) is 16.7 Å². The second-order valence-corrected chi connectivity index (χ2v) is 6.40. The van der Waals surface area contributed by atoms with Gasteiger partial charge in [0.25, 0.3) is 0 Å². The highest BCUT2D eigenvalue weighted by Crippen LogP contribution is 2.14. The largest absolute Gasteiger partial charge is 0.314 e. The molecule has 1 rings (SSSR count). The molecular weight excluding hydrogens is 280 g/mol. The second-order valence-electron chi connectivity index (χ2n) is 4.83. The third-order valence-corrected chi connectivity index (χ3v) is 4.65. The summed E-state index contributed by atoms with van der Waals surface area (Å²) in [7, 11) is -1.26.